The van der Waals surface area contributed by atoms with Crippen LogP contribution in [-0.2, 0) is 12.2 Å². The van der Waals surface area contributed by atoms with Crippen LogP contribution >= 0.6 is 0 Å². The normalized spacial score (nSPS) is 11.9. The van der Waals surface area contributed by atoms with E-state index in [2.05, 4.69) is 9.47 Å². The summed E-state index contributed by atoms with van der Waals surface area (Å²) in [4.78, 5) is 0. The lowest BCUT2D eigenvalue weighted by Gasteiger charge is -2.20. The monoisotopic (exact) mass is 394 g/mol. The molecule has 3 aromatic rings. The molecule has 0 aliphatic heterocycles. The predicted molar refractivity (Wildman–Crippen MR) is 91.7 cm³/mol. The fourth-order valence-electron chi connectivity index (χ4n) is 2.30. The molecule has 0 bridgehead atoms. The van der Waals surface area contributed by atoms with Crippen LogP contribution in [0, 0.1) is 0 Å². The molecule has 0 radical (unpaired) electrons. The smallest absolute Gasteiger partial charge is 0.426 e. The Labute approximate surface area is 157 Å². The highest BCUT2D eigenvalue weighted by molar-refractivity contribution is 5.34. The summed E-state index contributed by atoms with van der Waals surface area (Å²) >= 11 is 0. The average Bonchev–Trinajstić information content (AvgIpc) is 2.64. The minimum Gasteiger partial charge on any atom is -0.508 e. The lowest BCUT2D eigenvalue weighted by atomic mass is 10.2. The number of aromatic hydroxyl groups is 2. The van der Waals surface area contributed by atoms with Crippen molar-refractivity contribution < 1.29 is 37.2 Å². The molecule has 8 heteroatoms. The van der Waals surface area contributed by atoms with Crippen LogP contribution in [0.4, 0.5) is 17.6 Å². The first-order valence-corrected chi connectivity index (χ1v) is 7.98. The van der Waals surface area contributed by atoms with Crippen LogP contribution in [0.3, 0.4) is 0 Å². The summed E-state index contributed by atoms with van der Waals surface area (Å²) in [5, 5.41) is 18.3. The highest BCUT2D eigenvalue weighted by atomic mass is 19.3. The zero-order chi connectivity index (χ0) is 20.4. The molecule has 0 amide bonds. The molecule has 0 aliphatic carbocycles. The van der Waals surface area contributed by atoms with Crippen molar-refractivity contribution >= 4 is 0 Å². The molecule has 0 saturated heterocycles. The maximum atomic E-state index is 14.1. The largest absolute Gasteiger partial charge is 0.508 e. The van der Waals surface area contributed by atoms with E-state index in [1.165, 1.54) is 0 Å². The molecule has 3 rings (SSSR count). The molecule has 146 valence electrons. The Morgan fingerprint density at radius 1 is 0.500 bits per heavy atom. The van der Waals surface area contributed by atoms with Crippen LogP contribution in [0.2, 0.25) is 0 Å². The summed E-state index contributed by atoms with van der Waals surface area (Å²) in [6.07, 6.45) is -7.38. The maximum absolute atomic E-state index is 14.1. The minimum atomic E-state index is -3.69. The number of hydrogen-bond donors (Lipinski definition) is 2. The number of phenolic OH excluding ortho intramolecular Hbond substituents is 2. The van der Waals surface area contributed by atoms with Gasteiger partial charge in [0, 0.05) is 0 Å². The molecule has 0 saturated carbocycles. The first-order chi connectivity index (χ1) is 13.2. The van der Waals surface area contributed by atoms with Gasteiger partial charge in [0.05, 0.1) is 11.1 Å². The Balaban J connectivity index is 1.70. The minimum absolute atomic E-state index is 0.171. The number of halogens is 4. The Morgan fingerprint density at radius 3 is 1.07 bits per heavy atom. The van der Waals surface area contributed by atoms with Gasteiger partial charge in [0.15, 0.2) is 0 Å². The van der Waals surface area contributed by atoms with Crippen LogP contribution in [-0.4, -0.2) is 10.2 Å². The van der Waals surface area contributed by atoms with Crippen molar-refractivity contribution in [3.05, 3.63) is 83.9 Å². The van der Waals surface area contributed by atoms with E-state index in [1.807, 2.05) is 0 Å². The van der Waals surface area contributed by atoms with Crippen molar-refractivity contribution in [3.8, 4) is 23.0 Å². The van der Waals surface area contributed by atoms with E-state index >= 15 is 0 Å². The van der Waals surface area contributed by atoms with E-state index in [0.717, 1.165) is 72.8 Å². The molecule has 0 spiro atoms. The van der Waals surface area contributed by atoms with Gasteiger partial charge in [-0.1, -0.05) is 0 Å². The quantitative estimate of drug-likeness (QED) is 0.553. The lowest BCUT2D eigenvalue weighted by Crippen LogP contribution is -2.22. The summed E-state index contributed by atoms with van der Waals surface area (Å²) < 4.78 is 65.7. The number of benzene rings is 3. The maximum Gasteiger partial charge on any atom is 0.426 e. The molecular weight excluding hydrogens is 380 g/mol. The van der Waals surface area contributed by atoms with E-state index in [1.54, 1.807) is 0 Å². The van der Waals surface area contributed by atoms with Gasteiger partial charge in [-0.05, 0) is 72.8 Å². The Kier molecular flexibility index (Phi) is 5.04. The molecule has 3 aromatic carbocycles. The Hall–Kier alpha value is -3.42. The standard InChI is InChI=1S/C20H14F4O4/c21-19(22,13-1-5-15(25)6-2-13)27-17-9-11-18(12-10-17)28-20(23,24)14-3-7-16(26)8-4-14/h1-12,25-26H. The zero-order valence-electron chi connectivity index (χ0n) is 14.2. The average molecular weight is 394 g/mol. The van der Waals surface area contributed by atoms with Crippen molar-refractivity contribution in [2.75, 3.05) is 0 Å². The summed E-state index contributed by atoms with van der Waals surface area (Å²) in [5.41, 5.74) is -0.964. The SMILES string of the molecule is Oc1ccc(C(F)(F)Oc2ccc(OC(F)(F)c3ccc(O)cc3)cc2)cc1. The van der Waals surface area contributed by atoms with Gasteiger partial charge >= 0.3 is 12.2 Å². The second kappa shape index (κ2) is 7.30. The van der Waals surface area contributed by atoms with Gasteiger partial charge in [-0.3, -0.25) is 0 Å². The summed E-state index contributed by atoms with van der Waals surface area (Å²) in [5.74, 6) is -0.872. The number of alkyl halides is 4. The Morgan fingerprint density at radius 2 is 0.786 bits per heavy atom. The highest BCUT2D eigenvalue weighted by Gasteiger charge is 2.36. The lowest BCUT2D eigenvalue weighted by molar-refractivity contribution is -0.188. The number of phenols is 2. The summed E-state index contributed by atoms with van der Waals surface area (Å²) in [7, 11) is 0. The van der Waals surface area contributed by atoms with Crippen LogP contribution in [0.5, 0.6) is 23.0 Å². The third kappa shape index (κ3) is 4.46. The number of ether oxygens (including phenoxy) is 2. The van der Waals surface area contributed by atoms with Gasteiger partial charge in [-0.25, -0.2) is 0 Å². The third-order valence-corrected chi connectivity index (χ3v) is 3.72. The third-order valence-electron chi connectivity index (χ3n) is 3.72. The fraction of sp³-hybridized carbons (Fsp3) is 0.100. The van der Waals surface area contributed by atoms with E-state index in [9.17, 15) is 17.6 Å². The summed E-state index contributed by atoms with van der Waals surface area (Å²) in [6.45, 7) is 0. The van der Waals surface area contributed by atoms with E-state index < -0.39 is 23.3 Å². The molecule has 0 atom stereocenters. The highest BCUT2D eigenvalue weighted by Crippen LogP contribution is 2.35. The first kappa shape index (κ1) is 19.3. The molecule has 0 unspecified atom stereocenters. The van der Waals surface area contributed by atoms with Gasteiger partial charge in [0.1, 0.15) is 23.0 Å². The van der Waals surface area contributed by atoms with E-state index in [4.69, 9.17) is 10.2 Å². The molecule has 0 aliphatic rings. The first-order valence-electron chi connectivity index (χ1n) is 7.98. The zero-order valence-corrected chi connectivity index (χ0v) is 14.2. The fourth-order valence-corrected chi connectivity index (χ4v) is 2.30. The molecule has 0 fully saturated rings. The van der Waals surface area contributed by atoms with Crippen LogP contribution in [0.1, 0.15) is 11.1 Å². The Bertz CT molecular complexity index is 845. The topological polar surface area (TPSA) is 58.9 Å². The van der Waals surface area contributed by atoms with Crippen LogP contribution in [0.15, 0.2) is 72.8 Å². The predicted octanol–water partition coefficient (Wildman–Crippen LogP) is 5.35. The molecular formula is C20H14F4O4. The molecule has 4 nitrogen and oxygen atoms in total. The van der Waals surface area contributed by atoms with Gasteiger partial charge in [-0.15, -0.1) is 0 Å². The summed E-state index contributed by atoms with van der Waals surface area (Å²) in [6, 6.07) is 12.7. The molecule has 28 heavy (non-hydrogen) atoms. The van der Waals surface area contributed by atoms with E-state index in [-0.39, 0.29) is 23.0 Å². The van der Waals surface area contributed by atoms with Gasteiger partial charge < -0.3 is 19.7 Å². The molecule has 0 heterocycles. The van der Waals surface area contributed by atoms with Crippen molar-refractivity contribution in [1.82, 2.24) is 0 Å². The van der Waals surface area contributed by atoms with Gasteiger partial charge in [-0.2, -0.15) is 17.6 Å². The second-order valence-electron chi connectivity index (χ2n) is 5.80. The van der Waals surface area contributed by atoms with Crippen LogP contribution in [0.25, 0.3) is 0 Å². The van der Waals surface area contributed by atoms with Gasteiger partial charge in [0.2, 0.25) is 0 Å². The van der Waals surface area contributed by atoms with Crippen molar-refractivity contribution in [2.24, 2.45) is 0 Å². The van der Waals surface area contributed by atoms with Crippen molar-refractivity contribution in [2.45, 2.75) is 12.2 Å². The molecule has 0 aromatic heterocycles. The van der Waals surface area contributed by atoms with Crippen molar-refractivity contribution in [1.29, 1.82) is 0 Å². The van der Waals surface area contributed by atoms with Gasteiger partial charge in [0.25, 0.3) is 0 Å². The van der Waals surface area contributed by atoms with E-state index in [0.29, 0.717) is 0 Å². The number of hydrogen-bond acceptors (Lipinski definition) is 4. The molecule has 2 N–H and O–H groups in total. The second-order valence-corrected chi connectivity index (χ2v) is 5.80. The number of rotatable bonds is 6. The van der Waals surface area contributed by atoms with Crippen molar-refractivity contribution in [3.63, 3.8) is 0 Å². The van der Waals surface area contributed by atoms with Crippen LogP contribution < -0.4 is 9.47 Å².